The van der Waals surface area contributed by atoms with Gasteiger partial charge in [0.15, 0.2) is 8.32 Å². The Labute approximate surface area is 187 Å². The van der Waals surface area contributed by atoms with Crippen molar-refractivity contribution in [1.29, 1.82) is 0 Å². The second-order valence-electron chi connectivity index (χ2n) is 10.4. The van der Waals surface area contributed by atoms with E-state index in [1.54, 1.807) is 0 Å². The van der Waals surface area contributed by atoms with Crippen molar-refractivity contribution in [3.8, 4) is 0 Å². The van der Waals surface area contributed by atoms with Gasteiger partial charge in [-0.3, -0.25) is 0 Å². The van der Waals surface area contributed by atoms with Crippen LogP contribution in [0, 0.1) is 0 Å². The second-order valence-corrected chi connectivity index (χ2v) is 15.2. The zero-order valence-electron chi connectivity index (χ0n) is 20.7. The van der Waals surface area contributed by atoms with Crippen molar-refractivity contribution in [3.05, 3.63) is 12.2 Å². The number of carbonyl (C=O) groups is 1. The van der Waals surface area contributed by atoms with Crippen LogP contribution in [0.25, 0.3) is 0 Å². The zero-order chi connectivity index (χ0) is 22.5. The van der Waals surface area contributed by atoms with Crippen molar-refractivity contribution in [2.24, 2.45) is 0 Å². The molecule has 0 spiro atoms. The van der Waals surface area contributed by atoms with Gasteiger partial charge in [0.25, 0.3) is 0 Å². The number of amides is 1. The molecule has 30 heavy (non-hydrogen) atoms. The van der Waals surface area contributed by atoms with Crippen LogP contribution >= 0.6 is 0 Å². The molecule has 2 atom stereocenters. The minimum absolute atomic E-state index is 0.0831. The minimum atomic E-state index is -1.92. The SMILES string of the molecule is CCCCCCCCCCCCC/C=C/[C@@H](O[Si](C)(C)C(C)(C)C)[C@@H]1COC(=O)N1. The quantitative estimate of drug-likeness (QED) is 0.152. The fraction of sp³-hybridized carbons (Fsp3) is 0.880. The van der Waals surface area contributed by atoms with E-state index in [9.17, 15) is 4.79 Å². The third-order valence-corrected chi connectivity index (χ3v) is 11.1. The van der Waals surface area contributed by atoms with Crippen LogP contribution in [0.2, 0.25) is 18.1 Å². The van der Waals surface area contributed by atoms with E-state index in [4.69, 9.17) is 9.16 Å². The third kappa shape index (κ3) is 11.0. The van der Waals surface area contributed by atoms with Gasteiger partial charge >= 0.3 is 6.09 Å². The number of hydrogen-bond acceptors (Lipinski definition) is 3. The summed E-state index contributed by atoms with van der Waals surface area (Å²) in [5.41, 5.74) is 0. The van der Waals surface area contributed by atoms with Crippen molar-refractivity contribution in [2.75, 3.05) is 6.61 Å². The molecule has 0 bridgehead atoms. The predicted octanol–water partition coefficient (Wildman–Crippen LogP) is 7.74. The molecule has 1 N–H and O–H groups in total. The number of cyclic esters (lactones) is 1. The molecular formula is C25H49NO3Si. The van der Waals surface area contributed by atoms with Crippen molar-refractivity contribution >= 4 is 14.4 Å². The van der Waals surface area contributed by atoms with Gasteiger partial charge in [-0.1, -0.05) is 104 Å². The molecule has 4 nitrogen and oxygen atoms in total. The maximum absolute atomic E-state index is 11.5. The lowest BCUT2D eigenvalue weighted by Gasteiger charge is -2.39. The number of ether oxygens (including phenoxy) is 1. The van der Waals surface area contributed by atoms with Crippen molar-refractivity contribution in [3.63, 3.8) is 0 Å². The third-order valence-electron chi connectivity index (χ3n) is 6.63. The molecule has 0 radical (unpaired) electrons. The number of alkyl carbamates (subject to hydrolysis) is 1. The standard InChI is InChI=1S/C25H49NO3Si/c1-7-8-9-10-11-12-13-14-15-16-17-18-19-20-23(22-21-28-24(27)26-22)29-30(5,6)25(2,3)4/h19-20,22-23H,7-18,21H2,1-6H3,(H,26,27)/b20-19+/t22-,23+/m0/s1. The largest absolute Gasteiger partial charge is 0.447 e. The van der Waals surface area contributed by atoms with Crippen LogP contribution in [0.4, 0.5) is 4.79 Å². The summed E-state index contributed by atoms with van der Waals surface area (Å²) in [4.78, 5) is 11.5. The Morgan fingerprint density at radius 3 is 2.03 bits per heavy atom. The summed E-state index contributed by atoms with van der Waals surface area (Å²) >= 11 is 0. The van der Waals surface area contributed by atoms with Gasteiger partial charge in [0.05, 0.1) is 12.1 Å². The Morgan fingerprint density at radius 2 is 1.57 bits per heavy atom. The number of unbranched alkanes of at least 4 members (excludes halogenated alkanes) is 11. The number of carbonyl (C=O) groups excluding carboxylic acids is 1. The highest BCUT2D eigenvalue weighted by atomic mass is 28.4. The zero-order valence-corrected chi connectivity index (χ0v) is 21.7. The Kier molecular flexibility index (Phi) is 13.0. The molecule has 5 heteroatoms. The van der Waals surface area contributed by atoms with E-state index in [1.165, 1.54) is 70.6 Å². The van der Waals surface area contributed by atoms with E-state index in [2.05, 4.69) is 58.3 Å². The van der Waals surface area contributed by atoms with Gasteiger partial charge < -0.3 is 14.5 Å². The van der Waals surface area contributed by atoms with Crippen LogP contribution in [0.15, 0.2) is 12.2 Å². The average Bonchev–Trinajstić information content (AvgIpc) is 3.10. The molecule has 0 unspecified atom stereocenters. The van der Waals surface area contributed by atoms with Crippen molar-refractivity contribution in [1.82, 2.24) is 5.32 Å². The van der Waals surface area contributed by atoms with E-state index in [-0.39, 0.29) is 23.3 Å². The lowest BCUT2D eigenvalue weighted by atomic mass is 10.0. The van der Waals surface area contributed by atoms with Gasteiger partial charge in [0.1, 0.15) is 6.61 Å². The summed E-state index contributed by atoms with van der Waals surface area (Å²) < 4.78 is 11.7. The first kappa shape index (κ1) is 27.2. The minimum Gasteiger partial charge on any atom is -0.447 e. The first-order valence-electron chi connectivity index (χ1n) is 12.4. The summed E-state index contributed by atoms with van der Waals surface area (Å²) in [6.07, 6.45) is 20.1. The van der Waals surface area contributed by atoms with E-state index in [0.29, 0.717) is 6.61 Å². The monoisotopic (exact) mass is 439 g/mol. The van der Waals surface area contributed by atoms with Gasteiger partial charge in [-0.05, 0) is 31.0 Å². The molecule has 0 aliphatic carbocycles. The lowest BCUT2D eigenvalue weighted by molar-refractivity contribution is 0.160. The molecule has 1 saturated heterocycles. The van der Waals surface area contributed by atoms with Crippen LogP contribution in [0.3, 0.4) is 0 Å². The molecule has 0 saturated carbocycles. The molecule has 176 valence electrons. The normalized spacial score (nSPS) is 18.6. The van der Waals surface area contributed by atoms with E-state index < -0.39 is 8.32 Å². The van der Waals surface area contributed by atoms with Crippen LogP contribution in [-0.2, 0) is 9.16 Å². The Morgan fingerprint density at radius 1 is 1.03 bits per heavy atom. The second kappa shape index (κ2) is 14.3. The first-order valence-corrected chi connectivity index (χ1v) is 15.4. The molecule has 0 aromatic rings. The summed E-state index contributed by atoms with van der Waals surface area (Å²) in [5, 5.41) is 3.05. The highest BCUT2D eigenvalue weighted by Gasteiger charge is 2.41. The first-order chi connectivity index (χ1) is 14.2. The highest BCUT2D eigenvalue weighted by molar-refractivity contribution is 6.74. The Hall–Kier alpha value is -0.813. The molecule has 0 aromatic heterocycles. The van der Waals surface area contributed by atoms with Gasteiger partial charge in [-0.25, -0.2) is 4.79 Å². The average molecular weight is 440 g/mol. The van der Waals surface area contributed by atoms with Crippen LogP contribution < -0.4 is 5.32 Å². The number of nitrogens with one attached hydrogen (secondary N) is 1. The molecule has 1 amide bonds. The maximum Gasteiger partial charge on any atom is 0.407 e. The smallest absolute Gasteiger partial charge is 0.407 e. The number of hydrogen-bond donors (Lipinski definition) is 1. The summed E-state index contributed by atoms with van der Waals surface area (Å²) in [6, 6.07) is -0.0831. The fourth-order valence-electron chi connectivity index (χ4n) is 3.51. The van der Waals surface area contributed by atoms with Crippen LogP contribution in [0.5, 0.6) is 0 Å². The van der Waals surface area contributed by atoms with Crippen molar-refractivity contribution < 1.29 is 14.0 Å². The lowest BCUT2D eigenvalue weighted by Crippen LogP contribution is -2.49. The molecule has 1 aliphatic rings. The predicted molar refractivity (Wildman–Crippen MR) is 131 cm³/mol. The van der Waals surface area contributed by atoms with Gasteiger partial charge in [0.2, 0.25) is 0 Å². The molecular weight excluding hydrogens is 390 g/mol. The van der Waals surface area contributed by atoms with E-state index in [0.717, 1.165) is 6.42 Å². The highest BCUT2D eigenvalue weighted by Crippen LogP contribution is 2.38. The van der Waals surface area contributed by atoms with Crippen molar-refractivity contribution in [2.45, 2.75) is 135 Å². The van der Waals surface area contributed by atoms with Gasteiger partial charge in [-0.15, -0.1) is 0 Å². The fourth-order valence-corrected chi connectivity index (χ4v) is 4.78. The molecule has 0 aromatic carbocycles. The molecule has 1 fully saturated rings. The molecule has 1 heterocycles. The summed E-state index contributed by atoms with van der Waals surface area (Å²) in [7, 11) is -1.92. The summed E-state index contributed by atoms with van der Waals surface area (Å²) in [6.45, 7) is 13.9. The van der Waals surface area contributed by atoms with Gasteiger partial charge in [0, 0.05) is 0 Å². The van der Waals surface area contributed by atoms with E-state index >= 15 is 0 Å². The topological polar surface area (TPSA) is 47.6 Å². The van der Waals surface area contributed by atoms with Crippen LogP contribution in [-0.4, -0.2) is 33.2 Å². The summed E-state index contributed by atoms with van der Waals surface area (Å²) in [5.74, 6) is 0. The Bertz CT molecular complexity index is 499. The number of rotatable bonds is 16. The molecule has 1 aliphatic heterocycles. The van der Waals surface area contributed by atoms with E-state index in [1.807, 2.05) is 0 Å². The van der Waals surface area contributed by atoms with Gasteiger partial charge in [-0.2, -0.15) is 0 Å². The number of allylic oxidation sites excluding steroid dienone is 1. The molecule has 1 rings (SSSR count). The maximum atomic E-state index is 11.5. The van der Waals surface area contributed by atoms with Crippen LogP contribution in [0.1, 0.15) is 105 Å². The Balaban J connectivity index is 2.28.